The van der Waals surface area contributed by atoms with E-state index in [4.69, 9.17) is 0 Å². The normalized spacial score (nSPS) is 13.8. The highest BCUT2D eigenvalue weighted by molar-refractivity contribution is 5.94. The van der Waals surface area contributed by atoms with Crippen LogP contribution in [0.2, 0.25) is 0 Å². The van der Waals surface area contributed by atoms with Crippen LogP contribution in [0.5, 0.6) is 0 Å². The smallest absolute Gasteiger partial charge is 0.276 e. The van der Waals surface area contributed by atoms with Crippen molar-refractivity contribution < 1.29 is 14.0 Å². The lowest BCUT2D eigenvalue weighted by molar-refractivity contribution is -0.116. The van der Waals surface area contributed by atoms with Gasteiger partial charge in [0, 0.05) is 23.9 Å². The molecule has 0 fully saturated rings. The van der Waals surface area contributed by atoms with E-state index in [0.717, 1.165) is 16.8 Å². The Morgan fingerprint density at radius 1 is 1.16 bits per heavy atom. The van der Waals surface area contributed by atoms with Crippen molar-refractivity contribution in [2.45, 2.75) is 32.7 Å². The fourth-order valence-electron chi connectivity index (χ4n) is 3.59. The maximum atomic E-state index is 14.2. The van der Waals surface area contributed by atoms with Crippen molar-refractivity contribution in [3.63, 3.8) is 0 Å². The minimum atomic E-state index is -0.645. The Kier molecular flexibility index (Phi) is 5.37. The molecule has 4 rings (SSSR count). The first-order valence-corrected chi connectivity index (χ1v) is 9.93. The Morgan fingerprint density at radius 2 is 1.94 bits per heavy atom. The van der Waals surface area contributed by atoms with Gasteiger partial charge in [-0.2, -0.15) is 5.10 Å². The second-order valence-electron chi connectivity index (χ2n) is 7.52. The van der Waals surface area contributed by atoms with Crippen LogP contribution in [0.15, 0.2) is 53.3 Å². The SMILES string of the molecule is Cc1cc(=O)c(C(=O)N[C@H](C)c2ccc3c(c2)CCC(=O)N3)nn1-c1ccccc1F. The third-order valence-electron chi connectivity index (χ3n) is 5.28. The molecule has 0 unspecified atom stereocenters. The standard InChI is InChI=1S/C23H21FN4O3/c1-13-11-20(29)22(27-28(13)19-6-4-3-5-17(19)24)23(31)25-14(2)15-7-9-18-16(12-15)8-10-21(30)26-18/h3-7,9,11-12,14H,8,10H2,1-2H3,(H,25,31)(H,26,30)/t14-/m1/s1. The maximum Gasteiger partial charge on any atom is 0.276 e. The summed E-state index contributed by atoms with van der Waals surface area (Å²) in [6.45, 7) is 3.42. The monoisotopic (exact) mass is 420 g/mol. The van der Waals surface area contributed by atoms with Gasteiger partial charge in [0.15, 0.2) is 5.69 Å². The van der Waals surface area contributed by atoms with E-state index in [0.29, 0.717) is 18.5 Å². The van der Waals surface area contributed by atoms with Gasteiger partial charge < -0.3 is 10.6 Å². The number of aryl methyl sites for hydroxylation is 2. The lowest BCUT2D eigenvalue weighted by atomic mass is 9.98. The van der Waals surface area contributed by atoms with Gasteiger partial charge in [-0.15, -0.1) is 0 Å². The van der Waals surface area contributed by atoms with Crippen LogP contribution < -0.4 is 16.1 Å². The average Bonchev–Trinajstić information content (AvgIpc) is 2.74. The van der Waals surface area contributed by atoms with Crippen molar-refractivity contribution in [1.29, 1.82) is 0 Å². The van der Waals surface area contributed by atoms with Crippen LogP contribution >= 0.6 is 0 Å². The van der Waals surface area contributed by atoms with Gasteiger partial charge in [0.05, 0.1) is 6.04 Å². The zero-order chi connectivity index (χ0) is 22.1. The molecule has 0 bridgehead atoms. The van der Waals surface area contributed by atoms with Gasteiger partial charge in [0.2, 0.25) is 11.3 Å². The number of carbonyl (C=O) groups excluding carboxylic acids is 2. The topological polar surface area (TPSA) is 93.1 Å². The van der Waals surface area contributed by atoms with E-state index in [1.807, 2.05) is 12.1 Å². The first kappa shape index (κ1) is 20.5. The highest BCUT2D eigenvalue weighted by atomic mass is 19.1. The zero-order valence-corrected chi connectivity index (χ0v) is 17.1. The molecule has 31 heavy (non-hydrogen) atoms. The molecule has 8 heteroatoms. The molecule has 2 heterocycles. The summed E-state index contributed by atoms with van der Waals surface area (Å²) in [6, 6.07) is 12.4. The number of para-hydroxylation sites is 1. The quantitative estimate of drug-likeness (QED) is 0.679. The number of benzene rings is 2. The number of halogens is 1. The van der Waals surface area contributed by atoms with E-state index >= 15 is 0 Å². The molecule has 0 spiro atoms. The molecule has 3 aromatic rings. The third-order valence-corrected chi connectivity index (χ3v) is 5.28. The number of nitrogens with one attached hydrogen (secondary N) is 2. The second kappa shape index (κ2) is 8.14. The lowest BCUT2D eigenvalue weighted by Gasteiger charge is -2.20. The van der Waals surface area contributed by atoms with Gasteiger partial charge in [-0.05, 0) is 49.6 Å². The minimum Gasteiger partial charge on any atom is -0.344 e. The van der Waals surface area contributed by atoms with Crippen LogP contribution in [-0.4, -0.2) is 21.6 Å². The first-order valence-electron chi connectivity index (χ1n) is 9.93. The number of rotatable bonds is 4. The van der Waals surface area contributed by atoms with Gasteiger partial charge in [-0.3, -0.25) is 14.4 Å². The van der Waals surface area contributed by atoms with Crippen molar-refractivity contribution in [2.24, 2.45) is 0 Å². The Bertz CT molecular complexity index is 1250. The summed E-state index contributed by atoms with van der Waals surface area (Å²) >= 11 is 0. The molecular weight excluding hydrogens is 399 g/mol. The average molecular weight is 420 g/mol. The van der Waals surface area contributed by atoms with Crippen LogP contribution in [0.4, 0.5) is 10.1 Å². The number of hydrogen-bond acceptors (Lipinski definition) is 4. The summed E-state index contributed by atoms with van der Waals surface area (Å²) in [5.41, 5.74) is 2.31. The largest absolute Gasteiger partial charge is 0.344 e. The molecule has 158 valence electrons. The van der Waals surface area contributed by atoms with Crippen LogP contribution in [0.3, 0.4) is 0 Å². The summed E-state index contributed by atoms with van der Waals surface area (Å²) in [5, 5.41) is 9.74. The molecule has 2 N–H and O–H groups in total. The third kappa shape index (κ3) is 4.09. The molecular formula is C23H21FN4O3. The molecule has 0 saturated carbocycles. The van der Waals surface area contributed by atoms with Gasteiger partial charge >= 0.3 is 0 Å². The zero-order valence-electron chi connectivity index (χ0n) is 17.1. The highest BCUT2D eigenvalue weighted by Gasteiger charge is 2.20. The molecule has 1 aliphatic heterocycles. The van der Waals surface area contributed by atoms with Gasteiger partial charge in [0.1, 0.15) is 11.5 Å². The van der Waals surface area contributed by atoms with E-state index in [1.54, 1.807) is 32.0 Å². The van der Waals surface area contributed by atoms with Crippen molar-refractivity contribution in [3.8, 4) is 5.69 Å². The minimum absolute atomic E-state index is 0.0156. The van der Waals surface area contributed by atoms with Gasteiger partial charge in [-0.1, -0.05) is 24.3 Å². The summed E-state index contributed by atoms with van der Waals surface area (Å²) in [6.07, 6.45) is 1.04. The molecule has 1 atom stereocenters. The van der Waals surface area contributed by atoms with Crippen LogP contribution in [-0.2, 0) is 11.2 Å². The van der Waals surface area contributed by atoms with Crippen molar-refractivity contribution in [2.75, 3.05) is 5.32 Å². The van der Waals surface area contributed by atoms with Crippen molar-refractivity contribution >= 4 is 17.5 Å². The molecule has 0 radical (unpaired) electrons. The lowest BCUT2D eigenvalue weighted by Crippen LogP contribution is -2.33. The molecule has 0 saturated heterocycles. The fourth-order valence-corrected chi connectivity index (χ4v) is 3.59. The number of aromatic nitrogens is 2. The number of amides is 2. The molecule has 2 aromatic carbocycles. The van der Waals surface area contributed by atoms with E-state index in [2.05, 4.69) is 15.7 Å². The summed E-state index contributed by atoms with van der Waals surface area (Å²) in [5.74, 6) is -1.17. The van der Waals surface area contributed by atoms with Crippen molar-refractivity contribution in [3.05, 3.63) is 87.1 Å². The number of nitrogens with zero attached hydrogens (tertiary/aromatic N) is 2. The van der Waals surface area contributed by atoms with E-state index in [9.17, 15) is 18.8 Å². The highest BCUT2D eigenvalue weighted by Crippen LogP contribution is 2.26. The van der Waals surface area contributed by atoms with Crippen LogP contribution in [0.25, 0.3) is 5.69 Å². The predicted octanol–water partition coefficient (Wildman–Crippen LogP) is 3.06. The summed E-state index contributed by atoms with van der Waals surface area (Å²) < 4.78 is 15.5. The Hall–Kier alpha value is -3.81. The van der Waals surface area contributed by atoms with E-state index in [-0.39, 0.29) is 17.3 Å². The van der Waals surface area contributed by atoms with Gasteiger partial charge in [-0.25, -0.2) is 9.07 Å². The predicted molar refractivity (Wildman–Crippen MR) is 114 cm³/mol. The molecule has 1 aromatic heterocycles. The Balaban J connectivity index is 1.60. The molecule has 1 aliphatic rings. The molecule has 0 aliphatic carbocycles. The van der Waals surface area contributed by atoms with Crippen molar-refractivity contribution in [1.82, 2.24) is 15.1 Å². The fraction of sp³-hybridized carbons (Fsp3) is 0.217. The Labute approximate surface area is 177 Å². The molecule has 2 amide bonds. The molecule has 7 nitrogen and oxygen atoms in total. The Morgan fingerprint density at radius 3 is 2.71 bits per heavy atom. The number of carbonyl (C=O) groups is 2. The van der Waals surface area contributed by atoms with E-state index < -0.39 is 23.2 Å². The van der Waals surface area contributed by atoms with Crippen LogP contribution in [0.1, 0.15) is 46.7 Å². The second-order valence-corrected chi connectivity index (χ2v) is 7.52. The first-order chi connectivity index (χ1) is 14.8. The maximum absolute atomic E-state index is 14.2. The van der Waals surface area contributed by atoms with Crippen LogP contribution in [0, 0.1) is 12.7 Å². The number of anilines is 1. The summed E-state index contributed by atoms with van der Waals surface area (Å²) in [7, 11) is 0. The number of hydrogen-bond donors (Lipinski definition) is 2. The van der Waals surface area contributed by atoms with E-state index in [1.165, 1.54) is 22.9 Å². The summed E-state index contributed by atoms with van der Waals surface area (Å²) in [4.78, 5) is 36.8. The van der Waals surface area contributed by atoms with Gasteiger partial charge in [0.25, 0.3) is 5.91 Å². The number of fused-ring (bicyclic) bond motifs is 1.